The summed E-state index contributed by atoms with van der Waals surface area (Å²) in [6.45, 7) is 5.90. The Morgan fingerprint density at radius 2 is 2.05 bits per heavy atom. The van der Waals surface area contributed by atoms with Gasteiger partial charge in [-0.15, -0.1) is 11.3 Å². The van der Waals surface area contributed by atoms with E-state index in [4.69, 9.17) is 18.6 Å². The Kier molecular flexibility index (Phi) is 7.80. The van der Waals surface area contributed by atoms with Crippen molar-refractivity contribution in [3.8, 4) is 16.5 Å². The lowest BCUT2D eigenvalue weighted by Crippen LogP contribution is -2.36. The van der Waals surface area contributed by atoms with Gasteiger partial charge in [-0.2, -0.15) is 0 Å². The van der Waals surface area contributed by atoms with E-state index < -0.39 is 28.9 Å². The van der Waals surface area contributed by atoms with Gasteiger partial charge in [-0.3, -0.25) is 14.0 Å². The molecule has 0 aliphatic carbocycles. The Bertz CT molecular complexity index is 1590. The van der Waals surface area contributed by atoms with Crippen molar-refractivity contribution < 1.29 is 32.9 Å². The van der Waals surface area contributed by atoms with Gasteiger partial charge in [0.05, 0.1) is 30.9 Å². The Morgan fingerprint density at radius 1 is 1.30 bits per heavy atom. The standard InChI is InChI=1S/C29H31FN2O7S/c1-16-24(25-31-9-12-38-25)40-27-17(13-21(26(33)32(16)27)29(2,3)28(34)35)14-23(39-19-7-10-37-11-8-19)20-15-18(30)5-6-22(20)36-4/h5-6,9,12-13,15,19,23H,7-8,10-11,14H2,1-4H3,(H,34,35)/t23-/m0/s1. The number of aromatic nitrogens is 2. The predicted octanol–water partition coefficient (Wildman–Crippen LogP) is 5.31. The first-order chi connectivity index (χ1) is 19.1. The largest absolute Gasteiger partial charge is 0.496 e. The number of ether oxygens (including phenoxy) is 3. The first kappa shape index (κ1) is 28.0. The van der Waals surface area contributed by atoms with E-state index in [9.17, 15) is 19.1 Å². The molecule has 0 amide bonds. The topological polar surface area (TPSA) is 113 Å². The summed E-state index contributed by atoms with van der Waals surface area (Å²) >= 11 is 1.32. The molecule has 4 aromatic rings. The smallest absolute Gasteiger partial charge is 0.313 e. The molecule has 4 heterocycles. The highest BCUT2D eigenvalue weighted by molar-refractivity contribution is 7.21. The summed E-state index contributed by atoms with van der Waals surface area (Å²) in [6, 6.07) is 5.93. The fraction of sp³-hybridized carbons (Fsp3) is 0.414. The Labute approximate surface area is 234 Å². The highest BCUT2D eigenvalue weighted by Gasteiger charge is 2.35. The van der Waals surface area contributed by atoms with Gasteiger partial charge in [-0.05, 0) is 63.4 Å². The summed E-state index contributed by atoms with van der Waals surface area (Å²) in [5, 5.41) is 10.0. The zero-order valence-corrected chi connectivity index (χ0v) is 23.5. The fourth-order valence-electron chi connectivity index (χ4n) is 5.02. The van der Waals surface area contributed by atoms with Crippen molar-refractivity contribution in [3.63, 3.8) is 0 Å². The maximum atomic E-state index is 14.5. The fourth-order valence-corrected chi connectivity index (χ4v) is 6.22. The molecule has 1 saturated heterocycles. The number of nitrogens with zero attached hydrogens (tertiary/aromatic N) is 2. The number of thiazole rings is 1. The molecule has 1 aliphatic rings. The average Bonchev–Trinajstić information content (AvgIpc) is 3.58. The minimum Gasteiger partial charge on any atom is -0.496 e. The van der Waals surface area contributed by atoms with Crippen LogP contribution in [0.1, 0.15) is 55.2 Å². The molecule has 9 nitrogen and oxygen atoms in total. The molecule has 212 valence electrons. The van der Waals surface area contributed by atoms with Crippen LogP contribution in [0, 0.1) is 12.7 Å². The molecule has 0 radical (unpaired) electrons. The second kappa shape index (κ2) is 11.1. The number of carboxylic acid groups (broad SMARTS) is 1. The molecule has 5 rings (SSSR count). The number of hydrogen-bond acceptors (Lipinski definition) is 8. The third-order valence-corrected chi connectivity index (χ3v) is 8.71. The van der Waals surface area contributed by atoms with E-state index in [1.165, 1.54) is 61.3 Å². The van der Waals surface area contributed by atoms with Crippen LogP contribution in [-0.2, 0) is 26.1 Å². The Balaban J connectivity index is 1.72. The number of fused-ring (bicyclic) bond motifs is 1. The monoisotopic (exact) mass is 570 g/mol. The van der Waals surface area contributed by atoms with Crippen LogP contribution in [0.25, 0.3) is 15.6 Å². The lowest BCUT2D eigenvalue weighted by Gasteiger charge is -2.29. The number of carboxylic acids is 1. The summed E-state index contributed by atoms with van der Waals surface area (Å²) in [6.07, 6.45) is 3.79. The molecule has 1 aliphatic heterocycles. The minimum absolute atomic E-state index is 0.128. The van der Waals surface area contributed by atoms with Crippen LogP contribution in [-0.4, -0.2) is 46.9 Å². The molecular formula is C29H31FN2O7S. The molecule has 0 bridgehead atoms. The quantitative estimate of drug-likeness (QED) is 0.288. The van der Waals surface area contributed by atoms with Crippen LogP contribution < -0.4 is 10.3 Å². The number of methoxy groups -OCH3 is 1. The Hall–Kier alpha value is -3.54. The molecule has 1 N–H and O–H groups in total. The van der Waals surface area contributed by atoms with Gasteiger partial charge < -0.3 is 23.7 Å². The van der Waals surface area contributed by atoms with Crippen molar-refractivity contribution in [1.82, 2.24) is 9.38 Å². The van der Waals surface area contributed by atoms with Crippen LogP contribution in [0.15, 0.2) is 45.9 Å². The lowest BCUT2D eigenvalue weighted by molar-refractivity contribution is -0.142. The highest BCUT2D eigenvalue weighted by atomic mass is 32.1. The highest BCUT2D eigenvalue weighted by Crippen LogP contribution is 2.39. The van der Waals surface area contributed by atoms with Crippen molar-refractivity contribution >= 4 is 22.1 Å². The maximum Gasteiger partial charge on any atom is 0.313 e. The van der Waals surface area contributed by atoms with E-state index in [1.54, 1.807) is 19.1 Å². The van der Waals surface area contributed by atoms with Crippen LogP contribution in [0.5, 0.6) is 5.75 Å². The van der Waals surface area contributed by atoms with Crippen molar-refractivity contribution in [2.24, 2.45) is 0 Å². The first-order valence-electron chi connectivity index (χ1n) is 13.0. The van der Waals surface area contributed by atoms with E-state index in [1.807, 2.05) is 0 Å². The van der Waals surface area contributed by atoms with Crippen molar-refractivity contribution in [3.05, 3.63) is 75.3 Å². The SMILES string of the molecule is COc1ccc(F)cc1[C@H](Cc1cc(C(C)(C)C(=O)O)c(=O)n2c(C)c(-c3ncco3)sc12)OC1CCOCC1. The van der Waals surface area contributed by atoms with Gasteiger partial charge in [0, 0.05) is 36.5 Å². The van der Waals surface area contributed by atoms with E-state index in [0.717, 1.165) is 0 Å². The number of benzene rings is 1. The molecule has 0 spiro atoms. The minimum atomic E-state index is -1.47. The van der Waals surface area contributed by atoms with Crippen LogP contribution in [0.3, 0.4) is 0 Å². The number of hydrogen-bond donors (Lipinski definition) is 1. The molecule has 1 atom stereocenters. The molecule has 3 aromatic heterocycles. The van der Waals surface area contributed by atoms with E-state index >= 15 is 0 Å². The second-order valence-electron chi connectivity index (χ2n) is 10.3. The summed E-state index contributed by atoms with van der Waals surface area (Å²) in [5.74, 6) is -0.733. The van der Waals surface area contributed by atoms with Crippen molar-refractivity contribution in [1.29, 1.82) is 0 Å². The normalized spacial score (nSPS) is 15.4. The van der Waals surface area contributed by atoms with E-state index in [2.05, 4.69) is 4.98 Å². The molecular weight excluding hydrogens is 539 g/mol. The second-order valence-corrected chi connectivity index (χ2v) is 11.3. The first-order valence-corrected chi connectivity index (χ1v) is 13.8. The van der Waals surface area contributed by atoms with E-state index in [-0.39, 0.29) is 18.1 Å². The number of rotatable bonds is 9. The van der Waals surface area contributed by atoms with Gasteiger partial charge in [0.2, 0.25) is 5.89 Å². The summed E-state index contributed by atoms with van der Waals surface area (Å²) in [5.41, 5.74) is 0.0167. The molecule has 40 heavy (non-hydrogen) atoms. The lowest BCUT2D eigenvalue weighted by atomic mass is 9.84. The van der Waals surface area contributed by atoms with Gasteiger partial charge in [0.1, 0.15) is 27.5 Å². The van der Waals surface area contributed by atoms with Crippen LogP contribution in [0.2, 0.25) is 0 Å². The zero-order valence-electron chi connectivity index (χ0n) is 22.7. The summed E-state index contributed by atoms with van der Waals surface area (Å²) < 4.78 is 39.2. The molecule has 11 heteroatoms. The van der Waals surface area contributed by atoms with Gasteiger partial charge in [-0.25, -0.2) is 9.37 Å². The number of carbonyl (C=O) groups is 1. The zero-order chi connectivity index (χ0) is 28.6. The van der Waals surface area contributed by atoms with Gasteiger partial charge >= 0.3 is 5.97 Å². The third kappa shape index (κ3) is 5.16. The van der Waals surface area contributed by atoms with Gasteiger partial charge in [-0.1, -0.05) is 0 Å². The summed E-state index contributed by atoms with van der Waals surface area (Å²) in [7, 11) is 1.52. The molecule has 1 fully saturated rings. The van der Waals surface area contributed by atoms with Crippen LogP contribution >= 0.6 is 11.3 Å². The average molecular weight is 571 g/mol. The number of halogens is 1. The molecule has 1 aromatic carbocycles. The van der Waals surface area contributed by atoms with Gasteiger partial charge in [0.15, 0.2) is 0 Å². The number of pyridine rings is 1. The number of aliphatic carboxylic acids is 1. The van der Waals surface area contributed by atoms with Gasteiger partial charge in [0.25, 0.3) is 5.56 Å². The van der Waals surface area contributed by atoms with Crippen molar-refractivity contribution in [2.75, 3.05) is 20.3 Å². The molecule has 0 saturated carbocycles. The number of oxazole rings is 1. The number of aryl methyl sites for hydroxylation is 1. The third-order valence-electron chi connectivity index (χ3n) is 7.40. The Morgan fingerprint density at radius 3 is 2.70 bits per heavy atom. The predicted molar refractivity (Wildman–Crippen MR) is 147 cm³/mol. The van der Waals surface area contributed by atoms with E-state index in [0.29, 0.717) is 64.2 Å². The van der Waals surface area contributed by atoms with Crippen LogP contribution in [0.4, 0.5) is 4.39 Å². The van der Waals surface area contributed by atoms with Crippen molar-refractivity contribution in [2.45, 2.75) is 57.7 Å². The maximum absolute atomic E-state index is 14.5. The molecule has 0 unspecified atom stereocenters. The summed E-state index contributed by atoms with van der Waals surface area (Å²) in [4.78, 5) is 31.6.